The van der Waals surface area contributed by atoms with Crippen LogP contribution in [0, 0.1) is 0 Å². The van der Waals surface area contributed by atoms with E-state index in [4.69, 9.17) is 9.47 Å². The van der Waals surface area contributed by atoms with Gasteiger partial charge in [0.2, 0.25) is 6.79 Å². The molecule has 210 valence electrons. The second-order valence-corrected chi connectivity index (χ2v) is 10.1. The van der Waals surface area contributed by atoms with E-state index in [-0.39, 0.29) is 12.7 Å². The van der Waals surface area contributed by atoms with Crippen molar-refractivity contribution in [3.05, 3.63) is 108 Å². The Kier molecular flexibility index (Phi) is 7.28. The first-order valence-electron chi connectivity index (χ1n) is 13.4. The number of fused-ring (bicyclic) bond motifs is 1. The summed E-state index contributed by atoms with van der Waals surface area (Å²) in [6, 6.07) is 25.5. The Bertz CT molecular complexity index is 1530. The van der Waals surface area contributed by atoms with Crippen LogP contribution in [0.4, 0.5) is 24.5 Å². The van der Waals surface area contributed by atoms with Crippen molar-refractivity contribution in [3.63, 3.8) is 0 Å². The molecule has 0 unspecified atom stereocenters. The van der Waals surface area contributed by atoms with Gasteiger partial charge in [0.15, 0.2) is 11.5 Å². The summed E-state index contributed by atoms with van der Waals surface area (Å²) >= 11 is 0. The minimum Gasteiger partial charge on any atom is -0.454 e. The van der Waals surface area contributed by atoms with E-state index in [9.17, 15) is 18.0 Å². The number of halogens is 3. The number of alkyl halides is 3. The van der Waals surface area contributed by atoms with E-state index in [1.807, 2.05) is 36.4 Å². The molecular formula is C32H28F3N3O3. The highest BCUT2D eigenvalue weighted by molar-refractivity contribution is 6.08. The average molecular weight is 560 g/mol. The molecule has 0 bridgehead atoms. The van der Waals surface area contributed by atoms with Gasteiger partial charge < -0.3 is 19.7 Å². The van der Waals surface area contributed by atoms with Crippen LogP contribution in [0.2, 0.25) is 0 Å². The molecule has 41 heavy (non-hydrogen) atoms. The van der Waals surface area contributed by atoms with Gasteiger partial charge in [-0.05, 0) is 71.3 Å². The summed E-state index contributed by atoms with van der Waals surface area (Å²) in [5.74, 6) is 1.27. The zero-order valence-electron chi connectivity index (χ0n) is 22.2. The Morgan fingerprint density at radius 2 is 1.51 bits per heavy atom. The van der Waals surface area contributed by atoms with Gasteiger partial charge in [0.25, 0.3) is 5.91 Å². The van der Waals surface area contributed by atoms with Crippen molar-refractivity contribution in [1.29, 1.82) is 0 Å². The highest BCUT2D eigenvalue weighted by atomic mass is 19.4. The number of benzene rings is 4. The van der Waals surface area contributed by atoms with Crippen molar-refractivity contribution in [3.8, 4) is 22.6 Å². The molecule has 0 spiro atoms. The fourth-order valence-electron chi connectivity index (χ4n) is 5.19. The number of rotatable bonds is 6. The van der Waals surface area contributed by atoms with Gasteiger partial charge in [-0.1, -0.05) is 36.4 Å². The van der Waals surface area contributed by atoms with E-state index >= 15 is 0 Å². The number of anilines is 2. The Labute approximate surface area is 235 Å². The highest BCUT2D eigenvalue weighted by Gasteiger charge is 2.30. The Balaban J connectivity index is 1.06. The van der Waals surface area contributed by atoms with Crippen molar-refractivity contribution in [2.24, 2.45) is 0 Å². The fourth-order valence-corrected chi connectivity index (χ4v) is 5.19. The summed E-state index contributed by atoms with van der Waals surface area (Å²) in [7, 11) is 0. The van der Waals surface area contributed by atoms with Crippen LogP contribution in [-0.2, 0) is 12.7 Å². The molecule has 0 aliphatic carbocycles. The first-order valence-corrected chi connectivity index (χ1v) is 13.4. The molecule has 9 heteroatoms. The Morgan fingerprint density at radius 1 is 0.805 bits per heavy atom. The molecule has 0 saturated carbocycles. The number of hydrogen-bond donors (Lipinski definition) is 1. The zero-order valence-corrected chi connectivity index (χ0v) is 22.2. The fraction of sp³-hybridized carbons (Fsp3) is 0.219. The average Bonchev–Trinajstić information content (AvgIpc) is 3.46. The van der Waals surface area contributed by atoms with Gasteiger partial charge in [-0.2, -0.15) is 13.2 Å². The van der Waals surface area contributed by atoms with E-state index in [1.54, 1.807) is 24.3 Å². The Morgan fingerprint density at radius 3 is 2.24 bits per heavy atom. The minimum absolute atomic E-state index is 0.274. The molecular weight excluding hydrogens is 531 g/mol. The molecule has 2 heterocycles. The van der Waals surface area contributed by atoms with Crippen LogP contribution in [0.3, 0.4) is 0 Å². The third-order valence-electron chi connectivity index (χ3n) is 7.40. The van der Waals surface area contributed by atoms with Gasteiger partial charge in [0, 0.05) is 49.7 Å². The molecule has 2 aliphatic heterocycles. The van der Waals surface area contributed by atoms with E-state index in [0.717, 1.165) is 62.0 Å². The van der Waals surface area contributed by atoms with Crippen LogP contribution in [0.15, 0.2) is 91.0 Å². The molecule has 0 aromatic heterocycles. The monoisotopic (exact) mass is 559 g/mol. The van der Waals surface area contributed by atoms with Gasteiger partial charge in [-0.15, -0.1) is 0 Å². The molecule has 6 rings (SSSR count). The number of hydrogen-bond acceptors (Lipinski definition) is 5. The summed E-state index contributed by atoms with van der Waals surface area (Å²) in [5.41, 5.74) is 3.68. The summed E-state index contributed by atoms with van der Waals surface area (Å²) in [5, 5.41) is 2.92. The standard InChI is InChI=1S/C32H28F3N3O3/c33-32(34,35)24-8-6-23(7-9-24)27-3-1-2-4-28(27)31(39)36-25-10-12-26(13-11-25)38-17-15-37(16-18-38)20-22-5-14-29-30(19-22)41-21-40-29/h1-14,19H,15-18,20-21H2,(H,36,39). The first-order chi connectivity index (χ1) is 19.8. The lowest BCUT2D eigenvalue weighted by atomic mass is 9.98. The van der Waals surface area contributed by atoms with Crippen molar-refractivity contribution < 1.29 is 27.4 Å². The lowest BCUT2D eigenvalue weighted by Crippen LogP contribution is -2.45. The van der Waals surface area contributed by atoms with E-state index in [0.29, 0.717) is 22.4 Å². The lowest BCUT2D eigenvalue weighted by Gasteiger charge is -2.36. The van der Waals surface area contributed by atoms with Crippen LogP contribution in [0.1, 0.15) is 21.5 Å². The number of nitrogens with one attached hydrogen (secondary N) is 1. The van der Waals surface area contributed by atoms with Crippen LogP contribution < -0.4 is 19.7 Å². The minimum atomic E-state index is -4.41. The largest absolute Gasteiger partial charge is 0.454 e. The third-order valence-corrected chi connectivity index (χ3v) is 7.40. The molecule has 1 N–H and O–H groups in total. The zero-order chi connectivity index (χ0) is 28.4. The van der Waals surface area contributed by atoms with Crippen LogP contribution in [-0.4, -0.2) is 43.8 Å². The molecule has 1 saturated heterocycles. The van der Waals surface area contributed by atoms with Gasteiger partial charge in [-0.25, -0.2) is 0 Å². The maximum Gasteiger partial charge on any atom is 0.416 e. The molecule has 4 aromatic rings. The quantitative estimate of drug-likeness (QED) is 0.286. The normalized spacial score (nSPS) is 15.1. The van der Waals surface area contributed by atoms with Gasteiger partial charge in [0.1, 0.15) is 0 Å². The lowest BCUT2D eigenvalue weighted by molar-refractivity contribution is -0.137. The van der Waals surface area contributed by atoms with Crippen LogP contribution >= 0.6 is 0 Å². The van der Waals surface area contributed by atoms with Crippen molar-refractivity contribution in [1.82, 2.24) is 4.90 Å². The molecule has 0 atom stereocenters. The van der Waals surface area contributed by atoms with Crippen molar-refractivity contribution in [2.45, 2.75) is 12.7 Å². The highest BCUT2D eigenvalue weighted by Crippen LogP contribution is 2.34. The number of piperazine rings is 1. The first kappa shape index (κ1) is 26.7. The summed E-state index contributed by atoms with van der Waals surface area (Å²) in [6.45, 7) is 4.74. The maximum absolute atomic E-state index is 13.1. The third kappa shape index (κ3) is 6.00. The topological polar surface area (TPSA) is 54.0 Å². The van der Waals surface area contributed by atoms with Gasteiger partial charge >= 0.3 is 6.18 Å². The molecule has 6 nitrogen and oxygen atoms in total. The van der Waals surface area contributed by atoms with Gasteiger partial charge in [-0.3, -0.25) is 9.69 Å². The summed E-state index contributed by atoms with van der Waals surface area (Å²) in [6.07, 6.45) is -4.41. The second-order valence-electron chi connectivity index (χ2n) is 10.1. The molecule has 1 amide bonds. The number of nitrogens with zero attached hydrogens (tertiary/aromatic N) is 2. The molecule has 1 fully saturated rings. The van der Waals surface area contributed by atoms with E-state index in [1.165, 1.54) is 17.7 Å². The molecule has 0 radical (unpaired) electrons. The van der Waals surface area contributed by atoms with E-state index < -0.39 is 11.7 Å². The predicted molar refractivity (Wildman–Crippen MR) is 151 cm³/mol. The smallest absolute Gasteiger partial charge is 0.416 e. The van der Waals surface area contributed by atoms with Crippen molar-refractivity contribution >= 4 is 17.3 Å². The van der Waals surface area contributed by atoms with Crippen LogP contribution in [0.25, 0.3) is 11.1 Å². The number of amides is 1. The number of ether oxygens (including phenoxy) is 2. The predicted octanol–water partition coefficient (Wildman–Crippen LogP) is 6.68. The number of carbonyl (C=O) groups excluding carboxylic acids is 1. The van der Waals surface area contributed by atoms with E-state index in [2.05, 4.69) is 21.2 Å². The second kappa shape index (κ2) is 11.2. The SMILES string of the molecule is O=C(Nc1ccc(N2CCN(Cc3ccc4c(c3)OCO4)CC2)cc1)c1ccccc1-c1ccc(C(F)(F)F)cc1. The summed E-state index contributed by atoms with van der Waals surface area (Å²) < 4.78 is 49.8. The maximum atomic E-state index is 13.1. The summed E-state index contributed by atoms with van der Waals surface area (Å²) in [4.78, 5) is 17.9. The Hall–Kier alpha value is -4.50. The molecule has 2 aliphatic rings. The number of carbonyl (C=O) groups is 1. The van der Waals surface area contributed by atoms with Crippen molar-refractivity contribution in [2.75, 3.05) is 43.2 Å². The molecule has 4 aromatic carbocycles. The van der Waals surface area contributed by atoms with Gasteiger partial charge in [0.05, 0.1) is 5.56 Å². The van der Waals surface area contributed by atoms with Crippen LogP contribution in [0.5, 0.6) is 11.5 Å².